The van der Waals surface area contributed by atoms with Gasteiger partial charge >= 0.3 is 5.24 Å². The summed E-state index contributed by atoms with van der Waals surface area (Å²) in [5, 5.41) is 4.27. The van der Waals surface area contributed by atoms with Crippen molar-refractivity contribution in [2.45, 2.75) is 0 Å². The van der Waals surface area contributed by atoms with Crippen LogP contribution in [-0.2, 0) is 0 Å². The van der Waals surface area contributed by atoms with E-state index in [2.05, 4.69) is 17.9 Å². The van der Waals surface area contributed by atoms with E-state index in [1.807, 2.05) is 42.5 Å². The molecule has 1 radical (unpaired) electrons. The van der Waals surface area contributed by atoms with Gasteiger partial charge < -0.3 is 5.32 Å². The molecule has 0 fully saturated rings. The average Bonchev–Trinajstić information content (AvgIpc) is 2.18. The summed E-state index contributed by atoms with van der Waals surface area (Å²) in [6, 6.07) is 13.6. The van der Waals surface area contributed by atoms with Crippen LogP contribution in [-0.4, -0.2) is 5.24 Å². The van der Waals surface area contributed by atoms with Gasteiger partial charge in [0, 0.05) is 11.1 Å². The van der Waals surface area contributed by atoms with Crippen molar-refractivity contribution in [2.24, 2.45) is 0 Å². The molecule has 0 aliphatic carbocycles. The van der Waals surface area contributed by atoms with Crippen molar-refractivity contribution >= 4 is 34.3 Å². The Labute approximate surface area is 87.3 Å². The minimum absolute atomic E-state index is 0.457. The van der Waals surface area contributed by atoms with E-state index in [0.29, 0.717) is 0 Å². The lowest BCUT2D eigenvalue weighted by molar-refractivity contribution is 0.270. The number of amides is 1. The highest BCUT2D eigenvalue weighted by Gasteiger charge is 2.01. The van der Waals surface area contributed by atoms with Gasteiger partial charge in [-0.3, -0.25) is 4.79 Å². The van der Waals surface area contributed by atoms with Crippen molar-refractivity contribution in [3.8, 4) is 0 Å². The lowest BCUT2D eigenvalue weighted by Crippen LogP contribution is -2.01. The van der Waals surface area contributed by atoms with E-state index < -0.39 is 5.24 Å². The van der Waals surface area contributed by atoms with Crippen molar-refractivity contribution < 1.29 is 4.79 Å². The van der Waals surface area contributed by atoms with Gasteiger partial charge in [0.25, 0.3) is 0 Å². The zero-order valence-corrected chi connectivity index (χ0v) is 8.17. The molecule has 0 bridgehead atoms. The van der Waals surface area contributed by atoms with Crippen molar-refractivity contribution in [2.75, 3.05) is 5.32 Å². The predicted molar refractivity (Wildman–Crippen MR) is 60.6 cm³/mol. The molecule has 0 spiro atoms. The van der Waals surface area contributed by atoms with Crippen LogP contribution in [0.25, 0.3) is 10.8 Å². The molecule has 0 saturated carbocycles. The Kier molecular flexibility index (Phi) is 2.33. The fourth-order valence-corrected chi connectivity index (χ4v) is 1.55. The molecule has 0 aliphatic heterocycles. The van der Waals surface area contributed by atoms with E-state index in [1.165, 1.54) is 0 Å². The van der Waals surface area contributed by atoms with Gasteiger partial charge in [0.05, 0.1) is 0 Å². The minimum Gasteiger partial charge on any atom is -0.312 e. The summed E-state index contributed by atoms with van der Waals surface area (Å²) in [4.78, 5) is 10.8. The standard InChI is InChI=1S/C11H8NOS/c13-11(14)12-10-7-3-5-8-4-1-2-6-9(8)10/h1-7H,(H,12,13). The SMILES string of the molecule is O=C([S])Nc1cccc2ccccc12. The summed E-state index contributed by atoms with van der Waals surface area (Å²) in [6.45, 7) is 0. The predicted octanol–water partition coefficient (Wildman–Crippen LogP) is 3.57. The molecule has 2 aromatic carbocycles. The van der Waals surface area contributed by atoms with E-state index in [1.54, 1.807) is 0 Å². The highest BCUT2D eigenvalue weighted by molar-refractivity contribution is 7.96. The Bertz CT molecular complexity index is 476. The number of benzene rings is 2. The van der Waals surface area contributed by atoms with Gasteiger partial charge in [-0.2, -0.15) is 0 Å². The smallest absolute Gasteiger partial charge is 0.312 e. The monoisotopic (exact) mass is 202 g/mol. The number of rotatable bonds is 1. The van der Waals surface area contributed by atoms with Crippen molar-refractivity contribution in [3.05, 3.63) is 42.5 Å². The van der Waals surface area contributed by atoms with Crippen LogP contribution in [0.15, 0.2) is 42.5 Å². The van der Waals surface area contributed by atoms with Gasteiger partial charge in [-0.15, -0.1) is 0 Å². The number of carbonyl (C=O) groups is 1. The van der Waals surface area contributed by atoms with Crippen molar-refractivity contribution in [1.29, 1.82) is 0 Å². The van der Waals surface area contributed by atoms with Crippen LogP contribution in [0, 0.1) is 0 Å². The molecule has 1 N–H and O–H groups in total. The Hall–Kier alpha value is -1.61. The molecule has 0 unspecified atom stereocenters. The maximum Gasteiger partial charge on any atom is 0.314 e. The second-order valence-corrected chi connectivity index (χ2v) is 3.31. The van der Waals surface area contributed by atoms with Gasteiger partial charge in [-0.1, -0.05) is 36.4 Å². The molecule has 2 nitrogen and oxygen atoms in total. The Morgan fingerprint density at radius 1 is 1.07 bits per heavy atom. The number of carbonyl (C=O) groups excluding carboxylic acids is 1. The molecule has 0 aromatic heterocycles. The zero-order chi connectivity index (χ0) is 9.97. The van der Waals surface area contributed by atoms with Gasteiger partial charge in [0.15, 0.2) is 0 Å². The van der Waals surface area contributed by atoms with E-state index in [9.17, 15) is 4.79 Å². The summed E-state index contributed by atoms with van der Waals surface area (Å²) in [5.41, 5.74) is 0.767. The van der Waals surface area contributed by atoms with Gasteiger partial charge in [0.2, 0.25) is 0 Å². The van der Waals surface area contributed by atoms with Gasteiger partial charge in [-0.25, -0.2) is 0 Å². The molecule has 2 aromatic rings. The van der Waals surface area contributed by atoms with Crippen LogP contribution >= 0.6 is 12.6 Å². The summed E-state index contributed by atoms with van der Waals surface area (Å²) in [7, 11) is 0. The van der Waals surface area contributed by atoms with Crippen molar-refractivity contribution in [1.82, 2.24) is 0 Å². The van der Waals surface area contributed by atoms with E-state index in [4.69, 9.17) is 0 Å². The van der Waals surface area contributed by atoms with Crippen LogP contribution in [0.5, 0.6) is 0 Å². The first-order chi connectivity index (χ1) is 6.77. The molecule has 0 aliphatic rings. The van der Waals surface area contributed by atoms with Crippen LogP contribution in [0.3, 0.4) is 0 Å². The fourth-order valence-electron chi connectivity index (χ4n) is 1.44. The summed E-state index contributed by atoms with van der Waals surface area (Å²) in [6.07, 6.45) is 0. The molecule has 0 heterocycles. The third kappa shape index (κ3) is 1.67. The van der Waals surface area contributed by atoms with Crippen LogP contribution in [0.1, 0.15) is 0 Å². The second kappa shape index (κ2) is 3.64. The molecule has 0 atom stereocenters. The lowest BCUT2D eigenvalue weighted by atomic mass is 10.1. The Morgan fingerprint density at radius 2 is 1.79 bits per heavy atom. The number of hydrogen-bond donors (Lipinski definition) is 1. The minimum atomic E-state index is -0.457. The maximum absolute atomic E-state index is 10.8. The molecule has 69 valence electrons. The summed E-state index contributed by atoms with van der Waals surface area (Å²) < 4.78 is 0. The number of anilines is 1. The van der Waals surface area contributed by atoms with E-state index >= 15 is 0 Å². The lowest BCUT2D eigenvalue weighted by Gasteiger charge is -2.04. The molecular formula is C11H8NOS. The van der Waals surface area contributed by atoms with Crippen molar-refractivity contribution in [3.63, 3.8) is 0 Å². The molecule has 3 heteroatoms. The molecular weight excluding hydrogens is 194 g/mol. The normalized spacial score (nSPS) is 10.0. The molecule has 1 amide bonds. The van der Waals surface area contributed by atoms with E-state index in [0.717, 1.165) is 16.5 Å². The highest BCUT2D eigenvalue weighted by Crippen LogP contribution is 2.22. The number of nitrogens with one attached hydrogen (secondary N) is 1. The quantitative estimate of drug-likeness (QED) is 0.752. The Morgan fingerprint density at radius 3 is 2.57 bits per heavy atom. The van der Waals surface area contributed by atoms with Crippen LogP contribution in [0.4, 0.5) is 10.5 Å². The number of fused-ring (bicyclic) bond motifs is 1. The van der Waals surface area contributed by atoms with E-state index in [-0.39, 0.29) is 0 Å². The third-order valence-corrected chi connectivity index (χ3v) is 2.13. The maximum atomic E-state index is 10.8. The zero-order valence-electron chi connectivity index (χ0n) is 7.36. The van der Waals surface area contributed by atoms with Crippen LogP contribution in [0.2, 0.25) is 0 Å². The first-order valence-corrected chi connectivity index (χ1v) is 4.64. The fraction of sp³-hybridized carbons (Fsp3) is 0. The topological polar surface area (TPSA) is 29.1 Å². The summed E-state index contributed by atoms with van der Waals surface area (Å²) in [5.74, 6) is 0. The number of hydrogen-bond acceptors (Lipinski definition) is 1. The third-order valence-electron chi connectivity index (χ3n) is 2.03. The first-order valence-electron chi connectivity index (χ1n) is 4.23. The molecule has 14 heavy (non-hydrogen) atoms. The summed E-state index contributed by atoms with van der Waals surface area (Å²) >= 11 is 4.47. The molecule has 0 saturated heterocycles. The van der Waals surface area contributed by atoms with Gasteiger partial charge in [-0.05, 0) is 24.1 Å². The largest absolute Gasteiger partial charge is 0.314 e. The first kappa shape index (κ1) is 8.97. The van der Waals surface area contributed by atoms with Crippen LogP contribution < -0.4 is 5.32 Å². The highest BCUT2D eigenvalue weighted by atomic mass is 32.1. The Balaban J connectivity index is 2.59. The second-order valence-electron chi connectivity index (χ2n) is 2.94. The van der Waals surface area contributed by atoms with Gasteiger partial charge in [0.1, 0.15) is 0 Å². The average molecular weight is 202 g/mol. The molecule has 2 rings (SSSR count).